The number of para-hydroxylation sites is 1. The van der Waals surface area contributed by atoms with Crippen molar-refractivity contribution in [2.75, 3.05) is 0 Å². The molecule has 0 spiro atoms. The Bertz CT molecular complexity index is 434. The molecule has 0 aromatic heterocycles. The molecule has 0 aliphatic carbocycles. The second-order valence-electron chi connectivity index (χ2n) is 3.78. The molecule has 0 heterocycles. The van der Waals surface area contributed by atoms with Crippen LogP contribution in [0.25, 0.3) is 0 Å². The second kappa shape index (κ2) is 5.80. The molecule has 17 heavy (non-hydrogen) atoms. The molecule has 3 nitrogen and oxygen atoms in total. The van der Waals surface area contributed by atoms with Gasteiger partial charge in [0.05, 0.1) is 0 Å². The van der Waals surface area contributed by atoms with Gasteiger partial charge in [-0.3, -0.25) is 0 Å². The predicted octanol–water partition coefficient (Wildman–Crippen LogP) is 3.11. The van der Waals surface area contributed by atoms with Crippen LogP contribution in [0, 0.1) is 13.8 Å². The van der Waals surface area contributed by atoms with Crippen molar-refractivity contribution < 1.29 is 15.3 Å². The minimum atomic E-state index is -0.0602. The molecule has 0 aliphatic heterocycles. The van der Waals surface area contributed by atoms with E-state index in [4.69, 9.17) is 15.3 Å². The van der Waals surface area contributed by atoms with Crippen molar-refractivity contribution in [1.82, 2.24) is 0 Å². The SMILES string of the molecule is Cc1ccc(O)cc1.Cc1cccc(O)c1O. The predicted molar refractivity (Wildman–Crippen MR) is 67.4 cm³/mol. The molecule has 90 valence electrons. The van der Waals surface area contributed by atoms with Gasteiger partial charge in [-0.25, -0.2) is 0 Å². The molecular formula is C14H16O3. The molecule has 2 aromatic rings. The third kappa shape index (κ3) is 4.07. The lowest BCUT2D eigenvalue weighted by Gasteiger charge is -1.97. The van der Waals surface area contributed by atoms with Crippen LogP contribution in [0.1, 0.15) is 11.1 Å². The Kier molecular flexibility index (Phi) is 4.40. The number of phenols is 3. The van der Waals surface area contributed by atoms with Crippen molar-refractivity contribution >= 4 is 0 Å². The topological polar surface area (TPSA) is 60.7 Å². The first-order valence-electron chi connectivity index (χ1n) is 5.24. The Hall–Kier alpha value is -2.16. The number of aryl methyl sites for hydroxylation is 2. The van der Waals surface area contributed by atoms with Crippen LogP contribution in [-0.4, -0.2) is 15.3 Å². The van der Waals surface area contributed by atoms with E-state index in [1.165, 1.54) is 11.6 Å². The smallest absolute Gasteiger partial charge is 0.160 e. The molecular weight excluding hydrogens is 216 g/mol. The standard InChI is InChI=1S/C7H8O2.C7H8O/c1-5-3-2-4-6(8)7(5)9;1-6-2-4-7(8)5-3-6/h2-4,8-9H,1H3;2-5,8H,1H3. The first-order valence-corrected chi connectivity index (χ1v) is 5.24. The molecule has 0 saturated heterocycles. The summed E-state index contributed by atoms with van der Waals surface area (Å²) in [6, 6.07) is 12.0. The molecule has 0 amide bonds. The van der Waals surface area contributed by atoms with Gasteiger partial charge < -0.3 is 15.3 Å². The zero-order valence-corrected chi connectivity index (χ0v) is 9.88. The van der Waals surface area contributed by atoms with Gasteiger partial charge in [0.2, 0.25) is 0 Å². The number of hydrogen-bond donors (Lipinski definition) is 3. The highest BCUT2D eigenvalue weighted by Crippen LogP contribution is 2.26. The molecule has 3 N–H and O–H groups in total. The summed E-state index contributed by atoms with van der Waals surface area (Å²) in [5.41, 5.74) is 1.86. The number of rotatable bonds is 0. The van der Waals surface area contributed by atoms with Crippen LogP contribution in [0.5, 0.6) is 17.2 Å². The van der Waals surface area contributed by atoms with E-state index in [0.29, 0.717) is 11.3 Å². The zero-order valence-electron chi connectivity index (χ0n) is 9.88. The van der Waals surface area contributed by atoms with Crippen LogP contribution in [0.2, 0.25) is 0 Å². The van der Waals surface area contributed by atoms with E-state index in [9.17, 15) is 0 Å². The van der Waals surface area contributed by atoms with Crippen molar-refractivity contribution in [2.24, 2.45) is 0 Å². The fraction of sp³-hybridized carbons (Fsp3) is 0.143. The number of benzene rings is 2. The van der Waals surface area contributed by atoms with E-state index in [1.807, 2.05) is 19.1 Å². The van der Waals surface area contributed by atoms with Crippen molar-refractivity contribution in [3.8, 4) is 17.2 Å². The van der Waals surface area contributed by atoms with E-state index >= 15 is 0 Å². The van der Waals surface area contributed by atoms with Crippen molar-refractivity contribution in [3.05, 3.63) is 53.6 Å². The molecule has 2 aromatic carbocycles. The Labute approximate surface area is 101 Å². The highest BCUT2D eigenvalue weighted by molar-refractivity contribution is 5.43. The van der Waals surface area contributed by atoms with Crippen LogP contribution in [0.3, 0.4) is 0 Å². The minimum absolute atomic E-state index is 0.0301. The summed E-state index contributed by atoms with van der Waals surface area (Å²) in [4.78, 5) is 0. The average Bonchev–Trinajstić information content (AvgIpc) is 2.31. The molecule has 0 atom stereocenters. The summed E-state index contributed by atoms with van der Waals surface area (Å²) < 4.78 is 0. The number of aromatic hydroxyl groups is 3. The number of phenolic OH excluding ortho intramolecular Hbond substituents is 3. The highest BCUT2D eigenvalue weighted by Gasteiger charge is 1.98. The van der Waals surface area contributed by atoms with Crippen molar-refractivity contribution in [1.29, 1.82) is 0 Å². The molecule has 3 heteroatoms. The first kappa shape index (κ1) is 12.9. The summed E-state index contributed by atoms with van der Waals surface area (Å²) in [5.74, 6) is 0.239. The molecule has 0 bridgehead atoms. The van der Waals surface area contributed by atoms with Gasteiger partial charge in [0, 0.05) is 0 Å². The third-order valence-electron chi connectivity index (χ3n) is 2.25. The van der Waals surface area contributed by atoms with Crippen molar-refractivity contribution in [3.63, 3.8) is 0 Å². The van der Waals surface area contributed by atoms with Crippen LogP contribution in [0.4, 0.5) is 0 Å². The van der Waals surface area contributed by atoms with Crippen LogP contribution < -0.4 is 0 Å². The summed E-state index contributed by atoms with van der Waals surface area (Å²) >= 11 is 0. The van der Waals surface area contributed by atoms with Crippen LogP contribution in [-0.2, 0) is 0 Å². The van der Waals surface area contributed by atoms with E-state index in [1.54, 1.807) is 31.2 Å². The largest absolute Gasteiger partial charge is 0.508 e. The second-order valence-corrected chi connectivity index (χ2v) is 3.78. The maximum Gasteiger partial charge on any atom is 0.160 e. The molecule has 0 radical (unpaired) electrons. The highest BCUT2D eigenvalue weighted by atomic mass is 16.3. The van der Waals surface area contributed by atoms with Gasteiger partial charge in [0.15, 0.2) is 11.5 Å². The Morgan fingerprint density at radius 3 is 1.76 bits per heavy atom. The van der Waals surface area contributed by atoms with Gasteiger partial charge >= 0.3 is 0 Å². The van der Waals surface area contributed by atoms with E-state index < -0.39 is 0 Å². The lowest BCUT2D eigenvalue weighted by Crippen LogP contribution is -1.72. The van der Waals surface area contributed by atoms with E-state index in [2.05, 4.69) is 0 Å². The third-order valence-corrected chi connectivity index (χ3v) is 2.25. The van der Waals surface area contributed by atoms with Crippen molar-refractivity contribution in [2.45, 2.75) is 13.8 Å². The molecule has 0 fully saturated rings. The van der Waals surface area contributed by atoms with Crippen LogP contribution >= 0.6 is 0 Å². The summed E-state index contributed by atoms with van der Waals surface area (Å²) in [5, 5.41) is 26.6. The van der Waals surface area contributed by atoms with Gasteiger partial charge in [0.25, 0.3) is 0 Å². The molecule has 0 saturated carbocycles. The zero-order chi connectivity index (χ0) is 12.8. The average molecular weight is 232 g/mol. The van der Waals surface area contributed by atoms with Gasteiger partial charge in [-0.1, -0.05) is 29.8 Å². The summed E-state index contributed by atoms with van der Waals surface area (Å²) in [6.45, 7) is 3.72. The maximum absolute atomic E-state index is 8.96. The van der Waals surface area contributed by atoms with Gasteiger partial charge in [-0.2, -0.15) is 0 Å². The van der Waals surface area contributed by atoms with Gasteiger partial charge in [-0.15, -0.1) is 0 Å². The molecule has 0 unspecified atom stereocenters. The number of hydrogen-bond acceptors (Lipinski definition) is 3. The quantitative estimate of drug-likeness (QED) is 0.612. The normalized spacial score (nSPS) is 9.29. The Balaban J connectivity index is 0.000000171. The Morgan fingerprint density at radius 2 is 1.35 bits per heavy atom. The van der Waals surface area contributed by atoms with E-state index in [-0.39, 0.29) is 11.5 Å². The summed E-state index contributed by atoms with van der Waals surface area (Å²) in [7, 11) is 0. The Morgan fingerprint density at radius 1 is 0.765 bits per heavy atom. The lowest BCUT2D eigenvalue weighted by atomic mass is 10.2. The summed E-state index contributed by atoms with van der Waals surface area (Å²) in [6.07, 6.45) is 0. The fourth-order valence-corrected chi connectivity index (χ4v) is 1.19. The van der Waals surface area contributed by atoms with Gasteiger partial charge in [0.1, 0.15) is 5.75 Å². The first-order chi connectivity index (χ1) is 8.00. The molecule has 2 rings (SSSR count). The maximum atomic E-state index is 8.96. The minimum Gasteiger partial charge on any atom is -0.508 e. The fourth-order valence-electron chi connectivity index (χ4n) is 1.19. The molecule has 0 aliphatic rings. The van der Waals surface area contributed by atoms with E-state index in [0.717, 1.165) is 0 Å². The monoisotopic (exact) mass is 232 g/mol. The lowest BCUT2D eigenvalue weighted by molar-refractivity contribution is 0.401. The van der Waals surface area contributed by atoms with Gasteiger partial charge in [-0.05, 0) is 37.6 Å². The van der Waals surface area contributed by atoms with Crippen LogP contribution in [0.15, 0.2) is 42.5 Å².